The largest absolute Gasteiger partial charge is 0.462 e. The lowest BCUT2D eigenvalue weighted by molar-refractivity contribution is -0.297. The molecule has 1 saturated heterocycles. The van der Waals surface area contributed by atoms with Crippen molar-refractivity contribution in [2.24, 2.45) is 0 Å². The van der Waals surface area contributed by atoms with Gasteiger partial charge in [-0.3, -0.25) is 14.1 Å². The quantitative estimate of drug-likeness (QED) is 0.0151. The molecule has 0 bridgehead atoms. The smallest absolute Gasteiger partial charge is 0.306 e. The Labute approximate surface area is 386 Å². The lowest BCUT2D eigenvalue weighted by Crippen LogP contribution is -2.60. The van der Waals surface area contributed by atoms with Gasteiger partial charge in [-0.2, -0.15) is 8.42 Å². The molecule has 0 aromatic heterocycles. The second-order valence-corrected chi connectivity index (χ2v) is 18.0. The second kappa shape index (κ2) is 40.1. The number of aliphatic hydroxyl groups is 3. The number of hydrogen-bond donors (Lipinski definition) is 4. The second-order valence-electron chi connectivity index (χ2n) is 16.5. The maximum Gasteiger partial charge on any atom is 0.306 e. The van der Waals surface area contributed by atoms with Crippen LogP contribution in [0.15, 0.2) is 85.1 Å². The van der Waals surface area contributed by atoms with Crippen molar-refractivity contribution in [1.29, 1.82) is 0 Å². The Balaban J connectivity index is 2.41. The van der Waals surface area contributed by atoms with Crippen molar-refractivity contribution in [3.63, 3.8) is 0 Å². The first-order chi connectivity index (χ1) is 31.0. The highest BCUT2D eigenvalue weighted by atomic mass is 32.2. The fourth-order valence-corrected chi connectivity index (χ4v) is 7.55. The fourth-order valence-electron chi connectivity index (χ4n) is 6.85. The van der Waals surface area contributed by atoms with Gasteiger partial charge in [-0.05, 0) is 57.8 Å². The minimum Gasteiger partial charge on any atom is -0.462 e. The molecule has 0 spiro atoms. The number of esters is 2. The molecular formula is C51H84O12S. The first kappa shape index (κ1) is 58.8. The van der Waals surface area contributed by atoms with Gasteiger partial charge in [-0.15, -0.1) is 0 Å². The van der Waals surface area contributed by atoms with Gasteiger partial charge in [0.05, 0.1) is 6.61 Å². The molecule has 1 rings (SSSR count). The monoisotopic (exact) mass is 921 g/mol. The van der Waals surface area contributed by atoms with Crippen LogP contribution in [0, 0.1) is 0 Å². The Bertz CT molecular complexity index is 1500. The van der Waals surface area contributed by atoms with E-state index >= 15 is 0 Å². The summed E-state index contributed by atoms with van der Waals surface area (Å²) >= 11 is 0. The summed E-state index contributed by atoms with van der Waals surface area (Å²) in [6.07, 6.45) is 43.6. The number of aliphatic hydroxyl groups excluding tert-OH is 3. The lowest BCUT2D eigenvalue weighted by Gasteiger charge is -2.40. The summed E-state index contributed by atoms with van der Waals surface area (Å²) in [7, 11) is -4.62. The third-order valence-electron chi connectivity index (χ3n) is 10.6. The Kier molecular flexibility index (Phi) is 36.9. The van der Waals surface area contributed by atoms with Gasteiger partial charge in [0.15, 0.2) is 12.4 Å². The van der Waals surface area contributed by atoms with E-state index in [4.69, 9.17) is 18.9 Å². The standard InChI is InChI=1S/C51H84O12S/c1-3-5-7-9-11-13-15-17-18-19-20-21-22-23-24-25-26-28-29-31-33-35-37-39-46(52)60-41-44(42-61-51-50(56)49(55)48(54)45(63-51)43-64(57,58)59)62-47(53)40-38-36-34-32-30-27-16-14-12-10-8-6-4-2/h6,8,10,12,14,16,20-21,23-24,27,30,32,34,44-45,48-51,54-56H,3-5,7,9,11,13,15,17-19,22,25-26,28-29,31,33,35-43H2,1-2H3,(H,57,58,59)/b8-6+,12-10+,16-14+,21-20+,24-23+,30-27+,34-32+/t44?,45-,48-,49?,50?,51+/m1/s1. The van der Waals surface area contributed by atoms with E-state index in [1.807, 2.05) is 54.7 Å². The molecule has 6 atom stereocenters. The van der Waals surface area contributed by atoms with Crippen LogP contribution >= 0.6 is 0 Å². The van der Waals surface area contributed by atoms with E-state index in [1.165, 1.54) is 77.0 Å². The molecule has 0 radical (unpaired) electrons. The SMILES string of the molecule is CC/C=C/C=C/C=C/C=C/C=C/CCCC(=O)OC(COC(=O)CCCCCCCCC/C=C/C/C=C/CCCCCCCCCCC)CO[C@H]1O[C@H](CS(=O)(=O)O)[C@@H](O)C(O)C1O. The van der Waals surface area contributed by atoms with Gasteiger partial charge in [-0.25, -0.2) is 0 Å². The summed E-state index contributed by atoms with van der Waals surface area (Å²) in [4.78, 5) is 25.4. The number of allylic oxidation sites excluding steroid dienone is 14. The van der Waals surface area contributed by atoms with Crippen molar-refractivity contribution in [3.05, 3.63) is 85.1 Å². The maximum atomic E-state index is 12.8. The average molecular weight is 921 g/mol. The zero-order valence-corrected chi connectivity index (χ0v) is 39.9. The summed E-state index contributed by atoms with van der Waals surface area (Å²) in [5.41, 5.74) is 0. The average Bonchev–Trinajstić information content (AvgIpc) is 3.26. The summed E-state index contributed by atoms with van der Waals surface area (Å²) in [6, 6.07) is 0. The predicted molar refractivity (Wildman–Crippen MR) is 256 cm³/mol. The molecule has 12 nitrogen and oxygen atoms in total. The van der Waals surface area contributed by atoms with Crippen LogP contribution in [-0.2, 0) is 38.7 Å². The number of ether oxygens (including phenoxy) is 4. The van der Waals surface area contributed by atoms with Crippen LogP contribution in [0.5, 0.6) is 0 Å². The summed E-state index contributed by atoms with van der Waals surface area (Å²) in [6.45, 7) is 3.54. The number of carbonyl (C=O) groups is 2. The maximum absolute atomic E-state index is 12.8. The molecule has 1 fully saturated rings. The zero-order chi connectivity index (χ0) is 46.9. The minimum atomic E-state index is -4.62. The number of hydrogen-bond acceptors (Lipinski definition) is 11. The number of unbranched alkanes of at least 4 members (excludes halogenated alkanes) is 17. The predicted octanol–water partition coefficient (Wildman–Crippen LogP) is 10.4. The minimum absolute atomic E-state index is 0.0617. The number of carbonyl (C=O) groups excluding carboxylic acids is 2. The van der Waals surface area contributed by atoms with Crippen LogP contribution < -0.4 is 0 Å². The van der Waals surface area contributed by atoms with Crippen LogP contribution in [-0.4, -0.2) is 96.0 Å². The highest BCUT2D eigenvalue weighted by molar-refractivity contribution is 7.85. The molecule has 0 aromatic carbocycles. The Hall–Kier alpha value is -3.17. The molecule has 13 heteroatoms. The molecule has 1 aliphatic rings. The van der Waals surface area contributed by atoms with E-state index in [0.717, 1.165) is 44.9 Å². The van der Waals surface area contributed by atoms with Crippen molar-refractivity contribution >= 4 is 22.1 Å². The van der Waals surface area contributed by atoms with Crippen LogP contribution in [0.1, 0.15) is 168 Å². The summed E-state index contributed by atoms with van der Waals surface area (Å²) < 4.78 is 54.0. The first-order valence-electron chi connectivity index (χ1n) is 24.2. The van der Waals surface area contributed by atoms with Gasteiger partial charge in [0.2, 0.25) is 0 Å². The molecule has 0 saturated carbocycles. The van der Waals surface area contributed by atoms with E-state index in [-0.39, 0.29) is 19.4 Å². The Morgan fingerprint density at radius 3 is 1.62 bits per heavy atom. The van der Waals surface area contributed by atoms with Crippen LogP contribution in [0.4, 0.5) is 0 Å². The van der Waals surface area contributed by atoms with Gasteiger partial charge < -0.3 is 34.3 Å². The van der Waals surface area contributed by atoms with Gasteiger partial charge >= 0.3 is 11.9 Å². The van der Waals surface area contributed by atoms with Crippen molar-refractivity contribution < 1.29 is 56.8 Å². The topological polar surface area (TPSA) is 186 Å². The highest BCUT2D eigenvalue weighted by Crippen LogP contribution is 2.24. The first-order valence-corrected chi connectivity index (χ1v) is 25.8. The van der Waals surface area contributed by atoms with Crippen LogP contribution in [0.2, 0.25) is 0 Å². The molecule has 4 N–H and O–H groups in total. The Morgan fingerprint density at radius 1 is 0.562 bits per heavy atom. The zero-order valence-electron chi connectivity index (χ0n) is 39.1. The number of rotatable bonds is 39. The highest BCUT2D eigenvalue weighted by Gasteiger charge is 2.46. The van der Waals surface area contributed by atoms with Crippen LogP contribution in [0.25, 0.3) is 0 Å². The molecule has 1 aliphatic heterocycles. The molecule has 0 amide bonds. The van der Waals surface area contributed by atoms with Gasteiger partial charge in [0.1, 0.15) is 36.8 Å². The fraction of sp³-hybridized carbons (Fsp3) is 0.686. The molecule has 64 heavy (non-hydrogen) atoms. The molecule has 366 valence electrons. The molecule has 1 heterocycles. The van der Waals surface area contributed by atoms with E-state index in [0.29, 0.717) is 19.3 Å². The van der Waals surface area contributed by atoms with E-state index < -0.39 is 71.2 Å². The van der Waals surface area contributed by atoms with Crippen molar-refractivity contribution in [1.82, 2.24) is 0 Å². The summed E-state index contributed by atoms with van der Waals surface area (Å²) in [5, 5.41) is 30.9. The lowest BCUT2D eigenvalue weighted by atomic mass is 10.00. The Morgan fingerprint density at radius 2 is 1.06 bits per heavy atom. The van der Waals surface area contributed by atoms with E-state index in [2.05, 4.69) is 44.2 Å². The van der Waals surface area contributed by atoms with Crippen molar-refractivity contribution in [3.8, 4) is 0 Å². The molecule has 0 aromatic rings. The van der Waals surface area contributed by atoms with Crippen molar-refractivity contribution in [2.75, 3.05) is 19.0 Å². The third kappa shape index (κ3) is 34.2. The van der Waals surface area contributed by atoms with Gasteiger partial charge in [0.25, 0.3) is 10.1 Å². The summed E-state index contributed by atoms with van der Waals surface area (Å²) in [5.74, 6) is -2.10. The normalized spacial score (nSPS) is 20.4. The molecule has 3 unspecified atom stereocenters. The van der Waals surface area contributed by atoms with Crippen LogP contribution in [0.3, 0.4) is 0 Å². The van der Waals surface area contributed by atoms with Gasteiger partial charge in [0, 0.05) is 12.8 Å². The third-order valence-corrected chi connectivity index (χ3v) is 11.3. The van der Waals surface area contributed by atoms with Gasteiger partial charge in [-0.1, -0.05) is 182 Å². The molecular weight excluding hydrogens is 837 g/mol. The molecule has 0 aliphatic carbocycles. The van der Waals surface area contributed by atoms with E-state index in [9.17, 15) is 37.9 Å². The van der Waals surface area contributed by atoms with Crippen molar-refractivity contribution in [2.45, 2.75) is 205 Å². The van der Waals surface area contributed by atoms with E-state index in [1.54, 1.807) is 0 Å².